The molecule has 3 nitrogen and oxygen atoms in total. The van der Waals surface area contributed by atoms with Crippen molar-refractivity contribution in [3.8, 4) is 5.75 Å². The number of ketones is 1. The van der Waals surface area contributed by atoms with Crippen molar-refractivity contribution in [2.24, 2.45) is 5.92 Å². The molecule has 3 fully saturated rings. The second-order valence-electron chi connectivity index (χ2n) is 6.10. The molecule has 1 N–H and O–H groups in total. The van der Waals surface area contributed by atoms with Gasteiger partial charge < -0.3 is 10.1 Å². The first-order valence-corrected chi connectivity index (χ1v) is 7.36. The first kappa shape index (κ1) is 11.5. The summed E-state index contributed by atoms with van der Waals surface area (Å²) in [5.74, 6) is 1.39. The van der Waals surface area contributed by atoms with Crippen molar-refractivity contribution in [3.63, 3.8) is 0 Å². The normalized spacial score (nSPS) is 32.5. The Morgan fingerprint density at radius 1 is 1.11 bits per heavy atom. The molecule has 0 amide bonds. The van der Waals surface area contributed by atoms with E-state index in [0.717, 1.165) is 37.0 Å². The van der Waals surface area contributed by atoms with E-state index in [0.29, 0.717) is 24.0 Å². The Labute approximate surface area is 113 Å². The predicted molar refractivity (Wildman–Crippen MR) is 72.5 cm³/mol. The molecule has 1 aliphatic carbocycles. The zero-order valence-corrected chi connectivity index (χ0v) is 11.0. The quantitative estimate of drug-likeness (QED) is 0.842. The van der Waals surface area contributed by atoms with Gasteiger partial charge >= 0.3 is 0 Å². The van der Waals surface area contributed by atoms with Crippen LogP contribution in [0.1, 0.15) is 42.5 Å². The predicted octanol–water partition coefficient (Wildman–Crippen LogP) is 2.55. The summed E-state index contributed by atoms with van der Waals surface area (Å²) in [5, 5.41) is 3.53. The SMILES string of the molecule is O=C(c1ccc(OC2CC2)cc1)C1CC2CCC1N2. The van der Waals surface area contributed by atoms with Gasteiger partial charge in [0.15, 0.2) is 5.78 Å². The number of hydrogen-bond acceptors (Lipinski definition) is 3. The lowest BCUT2D eigenvalue weighted by molar-refractivity contribution is 0.0901. The maximum atomic E-state index is 12.5. The minimum atomic E-state index is 0.189. The molecule has 3 heteroatoms. The fraction of sp³-hybridized carbons (Fsp3) is 0.562. The van der Waals surface area contributed by atoms with E-state index in [9.17, 15) is 4.79 Å². The lowest BCUT2D eigenvalue weighted by Crippen LogP contribution is -2.28. The molecule has 2 saturated heterocycles. The van der Waals surface area contributed by atoms with E-state index < -0.39 is 0 Å². The summed E-state index contributed by atoms with van der Waals surface area (Å²) in [6, 6.07) is 8.72. The third kappa shape index (κ3) is 2.16. The molecule has 3 atom stereocenters. The molecule has 1 aromatic rings. The lowest BCUT2D eigenvalue weighted by Gasteiger charge is -2.18. The van der Waals surface area contributed by atoms with Crippen molar-refractivity contribution in [1.29, 1.82) is 0 Å². The Kier molecular flexibility index (Phi) is 2.62. The van der Waals surface area contributed by atoms with E-state index in [2.05, 4.69) is 5.32 Å². The minimum absolute atomic E-state index is 0.189. The fourth-order valence-electron chi connectivity index (χ4n) is 3.40. The Morgan fingerprint density at radius 2 is 1.89 bits per heavy atom. The van der Waals surface area contributed by atoms with E-state index >= 15 is 0 Å². The van der Waals surface area contributed by atoms with Crippen LogP contribution in [0.3, 0.4) is 0 Å². The summed E-state index contributed by atoms with van der Waals surface area (Å²) in [7, 11) is 0. The van der Waals surface area contributed by atoms with Gasteiger partial charge in [-0.15, -0.1) is 0 Å². The molecular formula is C16H19NO2. The van der Waals surface area contributed by atoms with Crippen molar-refractivity contribution < 1.29 is 9.53 Å². The minimum Gasteiger partial charge on any atom is -0.490 e. The Balaban J connectivity index is 1.47. The summed E-state index contributed by atoms with van der Waals surface area (Å²) >= 11 is 0. The highest BCUT2D eigenvalue weighted by atomic mass is 16.5. The number of Topliss-reactive ketones (excluding diaryl/α,β-unsaturated/α-hetero) is 1. The molecule has 2 bridgehead atoms. The lowest BCUT2D eigenvalue weighted by atomic mass is 9.84. The monoisotopic (exact) mass is 257 g/mol. The first-order chi connectivity index (χ1) is 9.29. The number of benzene rings is 1. The molecule has 0 spiro atoms. The molecular weight excluding hydrogens is 238 g/mol. The van der Waals surface area contributed by atoms with Crippen molar-refractivity contribution in [3.05, 3.63) is 29.8 Å². The smallest absolute Gasteiger partial charge is 0.167 e. The molecule has 2 heterocycles. The van der Waals surface area contributed by atoms with Crippen molar-refractivity contribution in [1.82, 2.24) is 5.32 Å². The van der Waals surface area contributed by atoms with Gasteiger partial charge in [0.1, 0.15) is 5.75 Å². The van der Waals surface area contributed by atoms with E-state index in [4.69, 9.17) is 4.74 Å². The van der Waals surface area contributed by atoms with Gasteiger partial charge in [0.05, 0.1) is 6.10 Å². The Morgan fingerprint density at radius 3 is 2.47 bits per heavy atom. The third-order valence-corrected chi connectivity index (χ3v) is 4.60. The van der Waals surface area contributed by atoms with Gasteiger partial charge in [0.25, 0.3) is 0 Å². The third-order valence-electron chi connectivity index (χ3n) is 4.60. The van der Waals surface area contributed by atoms with Crippen LogP contribution in [-0.2, 0) is 0 Å². The molecule has 4 rings (SSSR count). The maximum Gasteiger partial charge on any atom is 0.167 e. The fourth-order valence-corrected chi connectivity index (χ4v) is 3.40. The van der Waals surface area contributed by atoms with Crippen LogP contribution in [0.2, 0.25) is 0 Å². The topological polar surface area (TPSA) is 38.3 Å². The second-order valence-corrected chi connectivity index (χ2v) is 6.10. The molecule has 0 aromatic heterocycles. The molecule has 1 aromatic carbocycles. The largest absolute Gasteiger partial charge is 0.490 e. The second kappa shape index (κ2) is 4.34. The molecule has 19 heavy (non-hydrogen) atoms. The maximum absolute atomic E-state index is 12.5. The van der Waals surface area contributed by atoms with Crippen LogP contribution in [0.15, 0.2) is 24.3 Å². The van der Waals surface area contributed by atoms with Crippen molar-refractivity contribution in [2.75, 3.05) is 0 Å². The number of rotatable bonds is 4. The van der Waals surface area contributed by atoms with E-state index in [1.807, 2.05) is 24.3 Å². The molecule has 1 saturated carbocycles. The van der Waals surface area contributed by atoms with Crippen LogP contribution < -0.4 is 10.1 Å². The zero-order valence-electron chi connectivity index (χ0n) is 11.0. The number of nitrogens with one attached hydrogen (secondary N) is 1. The molecule has 2 aliphatic heterocycles. The van der Waals surface area contributed by atoms with Gasteiger partial charge in [-0.2, -0.15) is 0 Å². The molecule has 100 valence electrons. The van der Waals surface area contributed by atoms with Gasteiger partial charge in [0.2, 0.25) is 0 Å². The highest BCUT2D eigenvalue weighted by Gasteiger charge is 2.42. The molecule has 3 aliphatic rings. The highest BCUT2D eigenvalue weighted by molar-refractivity contribution is 5.98. The van der Waals surface area contributed by atoms with Crippen LogP contribution in [0, 0.1) is 5.92 Å². The standard InChI is InChI=1S/C16H19NO2/c18-16(14-9-11-3-8-15(14)17-11)10-1-4-12(5-2-10)19-13-6-7-13/h1-2,4-5,11,13-15,17H,3,6-9H2. The van der Waals surface area contributed by atoms with E-state index in [1.165, 1.54) is 6.42 Å². The van der Waals surface area contributed by atoms with Gasteiger partial charge in [0, 0.05) is 23.6 Å². The van der Waals surface area contributed by atoms with Gasteiger partial charge in [-0.05, 0) is 56.4 Å². The average molecular weight is 257 g/mol. The van der Waals surface area contributed by atoms with Crippen molar-refractivity contribution >= 4 is 5.78 Å². The number of ether oxygens (including phenoxy) is 1. The van der Waals surface area contributed by atoms with E-state index in [1.54, 1.807) is 0 Å². The summed E-state index contributed by atoms with van der Waals surface area (Å²) in [5.41, 5.74) is 0.836. The number of hydrogen-bond donors (Lipinski definition) is 1. The van der Waals surface area contributed by atoms with Gasteiger partial charge in [-0.3, -0.25) is 4.79 Å². The van der Waals surface area contributed by atoms with Crippen LogP contribution in [0.25, 0.3) is 0 Å². The van der Waals surface area contributed by atoms with Crippen LogP contribution >= 0.6 is 0 Å². The molecule has 0 radical (unpaired) electrons. The van der Waals surface area contributed by atoms with Crippen LogP contribution in [0.4, 0.5) is 0 Å². The number of fused-ring (bicyclic) bond motifs is 2. The summed E-state index contributed by atoms with van der Waals surface area (Å²) in [6.45, 7) is 0. The summed E-state index contributed by atoms with van der Waals surface area (Å²) < 4.78 is 5.71. The van der Waals surface area contributed by atoms with Gasteiger partial charge in [-0.1, -0.05) is 0 Å². The summed E-state index contributed by atoms with van der Waals surface area (Å²) in [4.78, 5) is 12.5. The van der Waals surface area contributed by atoms with Gasteiger partial charge in [-0.25, -0.2) is 0 Å². The van der Waals surface area contributed by atoms with Crippen LogP contribution in [0.5, 0.6) is 5.75 Å². The average Bonchev–Trinajstić information content (AvgIpc) is 3.01. The Hall–Kier alpha value is -1.35. The zero-order chi connectivity index (χ0) is 12.8. The van der Waals surface area contributed by atoms with Crippen LogP contribution in [-0.4, -0.2) is 24.0 Å². The summed E-state index contributed by atoms with van der Waals surface area (Å²) in [6.07, 6.45) is 6.15. The first-order valence-electron chi connectivity index (χ1n) is 7.36. The number of carbonyl (C=O) groups excluding carboxylic acids is 1. The molecule has 3 unspecified atom stereocenters. The van der Waals surface area contributed by atoms with E-state index in [-0.39, 0.29) is 5.92 Å². The van der Waals surface area contributed by atoms with Crippen molar-refractivity contribution in [2.45, 2.75) is 50.3 Å². The Bertz CT molecular complexity index is 492. The highest BCUT2D eigenvalue weighted by Crippen LogP contribution is 2.35. The number of carbonyl (C=O) groups is 1.